The molecule has 0 radical (unpaired) electrons. The number of aliphatic hydroxyl groups excluding tert-OH is 8. The van der Waals surface area contributed by atoms with E-state index in [1.165, 1.54) is 56.4 Å². The molecule has 0 saturated carbocycles. The first-order valence-corrected chi connectivity index (χ1v) is 44.6. The van der Waals surface area contributed by atoms with E-state index in [1.54, 1.807) is 51.4 Å². The zero-order valence-electron chi connectivity index (χ0n) is 74.8. The summed E-state index contributed by atoms with van der Waals surface area (Å²) in [7, 11) is 1.45. The van der Waals surface area contributed by atoms with Crippen molar-refractivity contribution in [2.75, 3.05) is 25.5 Å². The van der Waals surface area contributed by atoms with Gasteiger partial charge in [-0.2, -0.15) is 0 Å². The molecule has 8 amide bonds. The van der Waals surface area contributed by atoms with Crippen LogP contribution in [0.2, 0.25) is 10.0 Å². The first kappa shape index (κ1) is 103. The number of hydrogen-bond acceptors (Lipinski definition) is 33. The number of amides is 8. The van der Waals surface area contributed by atoms with E-state index >= 15 is 24.0 Å². The van der Waals surface area contributed by atoms with Gasteiger partial charge in [0.15, 0.2) is 30.1 Å². The second-order valence-electron chi connectivity index (χ2n) is 34.8. The van der Waals surface area contributed by atoms with Crippen LogP contribution in [0.15, 0.2) is 152 Å². The van der Waals surface area contributed by atoms with E-state index < -0.39 is 302 Å². The van der Waals surface area contributed by atoms with Gasteiger partial charge in [-0.25, -0.2) is 4.79 Å². The molecule has 8 aliphatic heterocycles. The number of phenolic OH excluding ortho intramolecular Hbond substituents is 3. The first-order valence-electron chi connectivity index (χ1n) is 43.9. The number of phenols is 3. The Hall–Kier alpha value is -12.8. The minimum Gasteiger partial charge on any atom is -0.508 e. The van der Waals surface area contributed by atoms with Crippen molar-refractivity contribution in [2.24, 2.45) is 11.7 Å². The molecule has 16 rings (SSSR count). The van der Waals surface area contributed by atoms with E-state index in [1.807, 2.05) is 0 Å². The average Bonchev–Trinajstić information content (AvgIpc) is 0.774. The molecule has 140 heavy (non-hydrogen) atoms. The first-order chi connectivity index (χ1) is 66.4. The van der Waals surface area contributed by atoms with Gasteiger partial charge in [-0.15, -0.1) is 13.2 Å². The Balaban J connectivity index is 0.888. The van der Waals surface area contributed by atoms with Gasteiger partial charge < -0.3 is 163 Å². The van der Waals surface area contributed by atoms with Crippen LogP contribution in [0.4, 0.5) is 18.9 Å². The predicted octanol–water partition coefficient (Wildman–Crippen LogP) is 3.10. The van der Waals surface area contributed by atoms with Gasteiger partial charge in [0.1, 0.15) is 126 Å². The topological polar surface area (TPSA) is 639 Å². The van der Waals surface area contributed by atoms with Gasteiger partial charge in [0, 0.05) is 78.0 Å². The van der Waals surface area contributed by atoms with E-state index in [-0.39, 0.29) is 60.8 Å². The fraction of sp³-hybridized carbons (Fsp3) is 0.398. The highest BCUT2D eigenvalue weighted by Crippen LogP contribution is 2.51. The van der Waals surface area contributed by atoms with Gasteiger partial charge in [-0.1, -0.05) is 79.5 Å². The number of nitrogens with two attached hydrogens (primary N) is 1. The number of aliphatic hydroxyl groups is 8. The number of nitrogens with one attached hydrogen (secondary N) is 10. The number of carbonyl (C=O) groups excluding carboxylic acids is 8. The predicted molar refractivity (Wildman–Crippen MR) is 481 cm³/mol. The summed E-state index contributed by atoms with van der Waals surface area (Å²) in [5, 5.41) is 167. The zero-order valence-corrected chi connectivity index (χ0v) is 76.3. The Kier molecular flexibility index (Phi) is 32.1. The van der Waals surface area contributed by atoms with Crippen LogP contribution in [-0.2, 0) is 75.1 Å². The van der Waals surface area contributed by atoms with Crippen molar-refractivity contribution < 1.29 is 160 Å². The van der Waals surface area contributed by atoms with Gasteiger partial charge >= 0.3 is 12.3 Å². The Morgan fingerprint density at radius 3 is 1.98 bits per heavy atom. The molecule has 0 aliphatic carbocycles. The molecular formula is C93H101Cl2F3N12O30. The number of alkyl halides is 3. The van der Waals surface area contributed by atoms with Gasteiger partial charge in [0.25, 0.3) is 5.91 Å². The Labute approximate surface area is 804 Å². The van der Waals surface area contributed by atoms with Crippen molar-refractivity contribution in [2.45, 2.75) is 206 Å². The Morgan fingerprint density at radius 1 is 0.657 bits per heavy atom. The minimum absolute atomic E-state index is 0.0586. The van der Waals surface area contributed by atoms with E-state index in [4.69, 9.17) is 66.8 Å². The molecule has 1 unspecified atom stereocenters. The number of carboxylic acid groups (broad SMARTS) is 1. The van der Waals surface area contributed by atoms with E-state index in [0.29, 0.717) is 11.1 Å². The molecule has 9 heterocycles. The highest BCUT2D eigenvalue weighted by molar-refractivity contribution is 6.32. The zero-order chi connectivity index (χ0) is 101. The fourth-order valence-electron chi connectivity index (χ4n) is 17.1. The van der Waals surface area contributed by atoms with Gasteiger partial charge in [-0.3, -0.25) is 43.3 Å². The second-order valence-corrected chi connectivity index (χ2v) is 35.6. The third-order valence-corrected chi connectivity index (χ3v) is 24.9. The van der Waals surface area contributed by atoms with Crippen LogP contribution >= 0.6 is 23.2 Å². The van der Waals surface area contributed by atoms with Crippen LogP contribution in [0, 0.1) is 5.92 Å². The number of benzene rings is 7. The summed E-state index contributed by atoms with van der Waals surface area (Å²) >= 11 is 14.6. The number of halogens is 5. The number of rotatable bonds is 25. The van der Waals surface area contributed by atoms with Crippen molar-refractivity contribution in [3.8, 4) is 62.9 Å². The number of pyridine rings is 1. The van der Waals surface area contributed by atoms with Gasteiger partial charge in [0.2, 0.25) is 53.4 Å². The fourth-order valence-corrected chi connectivity index (χ4v) is 17.6. The molecule has 11 bridgehead atoms. The molecular weight excluding hydrogens is 1890 g/mol. The number of carbonyl (C=O) groups is 9. The van der Waals surface area contributed by atoms with Crippen molar-refractivity contribution in [1.29, 1.82) is 0 Å². The van der Waals surface area contributed by atoms with E-state index in [2.05, 4.69) is 62.9 Å². The molecule has 7 aromatic carbocycles. The molecule has 24 N–H and O–H groups in total. The molecule has 748 valence electrons. The number of likely N-dealkylation sites (N-methyl/N-ethyl adjacent to an activating group) is 1. The summed E-state index contributed by atoms with van der Waals surface area (Å²) in [6, 6.07) is 12.4. The minimum atomic E-state index is -5.04. The molecule has 8 aromatic rings. The van der Waals surface area contributed by atoms with Crippen LogP contribution in [0.5, 0.6) is 51.7 Å². The number of fused-ring (bicyclic) bond motifs is 15. The summed E-state index contributed by atoms with van der Waals surface area (Å²) in [6.45, 7) is 5.23. The van der Waals surface area contributed by atoms with E-state index in [9.17, 15) is 93.6 Å². The lowest BCUT2D eigenvalue weighted by Crippen LogP contribution is -2.65. The summed E-state index contributed by atoms with van der Waals surface area (Å²) in [4.78, 5) is 139. The number of ether oxygens (including phenoxy) is 9. The average molecular weight is 1990 g/mol. The third kappa shape index (κ3) is 23.6. The summed E-state index contributed by atoms with van der Waals surface area (Å²) in [5.74, 6) is -18.6. The van der Waals surface area contributed by atoms with Crippen molar-refractivity contribution in [3.05, 3.63) is 206 Å². The Bertz CT molecular complexity index is 5960. The lowest BCUT2D eigenvalue weighted by atomic mass is 9.84. The van der Waals surface area contributed by atoms with Gasteiger partial charge in [0.05, 0.1) is 41.3 Å². The summed E-state index contributed by atoms with van der Waals surface area (Å²) < 4.78 is 94.8. The number of nitrogens with zero attached hydrogens (tertiary/aromatic N) is 1. The van der Waals surface area contributed by atoms with Crippen molar-refractivity contribution >= 4 is 82.1 Å². The molecule has 8 aliphatic rings. The maximum atomic E-state index is 16.6. The Morgan fingerprint density at radius 2 is 1.31 bits per heavy atom. The van der Waals surface area contributed by atoms with Crippen LogP contribution in [0.1, 0.15) is 127 Å². The smallest absolute Gasteiger partial charge is 0.508 e. The second kappa shape index (κ2) is 43.6. The van der Waals surface area contributed by atoms with Gasteiger partial charge in [-0.05, 0) is 158 Å². The number of anilines is 1. The number of primary amides is 1. The highest BCUT2D eigenvalue weighted by Gasteiger charge is 2.54. The number of aromatic nitrogens is 1. The largest absolute Gasteiger partial charge is 0.573 e. The molecule has 47 heteroatoms. The lowest BCUT2D eigenvalue weighted by Gasteiger charge is -2.47. The highest BCUT2D eigenvalue weighted by atomic mass is 35.5. The van der Waals surface area contributed by atoms with Crippen molar-refractivity contribution in [3.63, 3.8) is 0 Å². The summed E-state index contributed by atoms with van der Waals surface area (Å²) in [6.07, 6.45) is -32.2. The number of aromatic hydroxyl groups is 3. The molecule has 42 nitrogen and oxygen atoms in total. The normalized spacial score (nSPS) is 27.9. The molecule has 1 aromatic heterocycles. The number of aliphatic carboxylic acids is 1. The lowest BCUT2D eigenvalue weighted by molar-refractivity contribution is -0.350. The quantitative estimate of drug-likeness (QED) is 0.0391. The maximum absolute atomic E-state index is 16.6. The monoisotopic (exact) mass is 1990 g/mol. The van der Waals surface area contributed by atoms with Crippen LogP contribution in [0.25, 0.3) is 11.1 Å². The van der Waals surface area contributed by atoms with Crippen LogP contribution in [0.3, 0.4) is 0 Å². The molecule has 3 fully saturated rings. The molecule has 3 saturated heterocycles. The number of hydrogen-bond donors (Lipinski definition) is 23. The number of carboxylic acids is 1. The van der Waals surface area contributed by atoms with E-state index in [0.717, 1.165) is 78.9 Å². The van der Waals surface area contributed by atoms with Crippen LogP contribution in [-0.4, -0.2) is 256 Å². The molecule has 23 atom stereocenters. The SMILES string of the molecule is CN[C@H](CC(C)C)C(=O)NC1C(=O)N[C@@H](CC(N)=O)C(=O)N[C@H]2C(=O)N[C@H]3C(=O)N[C@H](C(=O)N[C@@H](C(=O)O)c4cc(O)cc(O)c4-c4cc3ccc4O)[C@H](O[C@H]3C[C@](C)(NCc4cccnc4)[C@@H](O)[C@H](C)O3)c3ccc(c(Cl)c3)Oc3cc2cc(c3O[C@@H]2O[C@H](CO)[C@@H](O[C@@H]3O[C@H](CNCc4cccc(NC(=O)c5cccc(OC(F)(F)F)c5)c4)[C@H](O)[C@H](O)[C@H]3O)[C@H](O)[C@H]2O)Oc2ccc(cc2Cl)[C@H]1O. The standard InChI is InChI=1S/C93H101Cl2F3N12O30/c1-38(2)21-54(100-5)83(124)109-70-72(116)43-15-18-58(52(94)25-43)133-60-27-46-28-61(79(60)138-91-77(121)75(119)80(63(37-111)136-91)139-90-76(120)74(118)73(117)62(135-90)36-102-33-40-9-6-12-47(22-40)104-82(123)45-11-7-13-49(23-45)140-93(96,97)98)134-59-19-16-44(26-53(59)95)78(137-65-32-92(4,81(122)39(3)132-65)103-35-41-10-8-20-101-34-41)71-88(129)108-69(89(130)131)51-29-48(112)30-57(114)66(51)50-24-42(14-17-56(50)113)67(85(126)110-71)107-86(127)68(46)106-84(125)55(31-64(99)115)105-87(70)128/h6-20,22-30,34,38-39,54-55,62-63,65,67-78,80-81,90-91,100,102-103,111-114,116-122H,21,31-33,35-37H2,1-5H3,(H2,99,115)(H,104,123)(H,105,128)(H,106,125)(H,107,127)(H,108,129)(H,109,124)(H,110,126)(H,130,131)/t39-,54+,55-,62+,63+,65-,67+,68+,69+,70?,71-,72+,73-,74-,75+,76+,77+,78+,80+,81-,90-,91-,92-/m0/s1. The summed E-state index contributed by atoms with van der Waals surface area (Å²) in [5.41, 5.74) is 2.49. The van der Waals surface area contributed by atoms with Crippen molar-refractivity contribution in [1.82, 2.24) is 52.8 Å². The van der Waals surface area contributed by atoms with Crippen LogP contribution < -0.4 is 77.8 Å². The molecule has 0 spiro atoms. The maximum Gasteiger partial charge on any atom is 0.573 e. The third-order valence-electron chi connectivity index (χ3n) is 24.3.